The van der Waals surface area contributed by atoms with Crippen molar-refractivity contribution in [3.63, 3.8) is 0 Å². The van der Waals surface area contributed by atoms with Gasteiger partial charge in [-0.25, -0.2) is 0 Å². The lowest BCUT2D eigenvalue weighted by molar-refractivity contribution is 0.0931. The summed E-state index contributed by atoms with van der Waals surface area (Å²) in [5.41, 5.74) is 0.790. The van der Waals surface area contributed by atoms with Crippen molar-refractivity contribution < 1.29 is 4.79 Å². The Kier molecular flexibility index (Phi) is 3.94. The highest BCUT2D eigenvalue weighted by Crippen LogP contribution is 2.34. The molecule has 0 saturated carbocycles. The van der Waals surface area contributed by atoms with Crippen LogP contribution in [0.2, 0.25) is 0 Å². The average molecular weight is 356 g/mol. The van der Waals surface area contributed by atoms with Crippen LogP contribution in [-0.2, 0) is 0 Å². The molecule has 2 bridgehead atoms. The van der Waals surface area contributed by atoms with Gasteiger partial charge >= 0.3 is 0 Å². The van der Waals surface area contributed by atoms with E-state index in [1.165, 1.54) is 47.2 Å². The van der Waals surface area contributed by atoms with Crippen LogP contribution in [0.25, 0.3) is 10.1 Å². The highest BCUT2D eigenvalue weighted by molar-refractivity contribution is 7.22. The number of nitrogens with zero attached hydrogens (tertiary/aromatic N) is 1. The maximum Gasteiger partial charge on any atom is 0.251 e. The van der Waals surface area contributed by atoms with Crippen molar-refractivity contribution in [3.05, 3.63) is 29.8 Å². The summed E-state index contributed by atoms with van der Waals surface area (Å²) in [7, 11) is 0. The molecule has 3 saturated heterocycles. The molecule has 0 aliphatic carbocycles. The molecule has 2 N–H and O–H groups in total. The molecule has 4 nitrogen and oxygen atoms in total. The number of hydrogen-bond donors (Lipinski definition) is 2. The van der Waals surface area contributed by atoms with Gasteiger partial charge in [-0.3, -0.25) is 4.79 Å². The minimum atomic E-state index is 0.0759. The van der Waals surface area contributed by atoms with Crippen LogP contribution in [0.3, 0.4) is 0 Å². The van der Waals surface area contributed by atoms with Crippen LogP contribution < -0.4 is 15.5 Å². The fraction of sp³-hybridized carbons (Fsp3) is 0.550. The zero-order valence-electron chi connectivity index (χ0n) is 14.5. The Hall–Kier alpha value is -1.59. The molecule has 1 aromatic heterocycles. The van der Waals surface area contributed by atoms with Crippen LogP contribution in [0.1, 0.15) is 48.9 Å². The van der Waals surface area contributed by atoms with Gasteiger partial charge in [-0.15, -0.1) is 11.3 Å². The monoisotopic (exact) mass is 355 g/mol. The number of fused-ring (bicyclic) bond motifs is 3. The highest BCUT2D eigenvalue weighted by atomic mass is 32.1. The zero-order valence-corrected chi connectivity index (χ0v) is 15.3. The number of carbonyl (C=O) groups is 1. The molecule has 3 fully saturated rings. The number of rotatable bonds is 3. The molecule has 5 heteroatoms. The number of amides is 1. The molecule has 3 atom stereocenters. The maximum atomic E-state index is 12.7. The highest BCUT2D eigenvalue weighted by Gasteiger charge is 2.39. The van der Waals surface area contributed by atoms with Crippen LogP contribution in [-0.4, -0.2) is 37.1 Å². The van der Waals surface area contributed by atoms with Gasteiger partial charge < -0.3 is 15.5 Å². The van der Waals surface area contributed by atoms with Gasteiger partial charge in [0, 0.05) is 41.5 Å². The number of piperidine rings is 1. The van der Waals surface area contributed by atoms with Gasteiger partial charge in [-0.05, 0) is 68.2 Å². The third-order valence-corrected chi connectivity index (χ3v) is 7.23. The molecule has 132 valence electrons. The predicted molar refractivity (Wildman–Crippen MR) is 104 cm³/mol. The summed E-state index contributed by atoms with van der Waals surface area (Å²) < 4.78 is 1.28. The SMILES string of the molecule is O=C(N[C@@H]1C[C@H]2CC[C@@H]1N2)c1ccc2sc(N3CCCCC3)cc2c1. The second-order valence-electron chi connectivity index (χ2n) is 7.75. The van der Waals surface area contributed by atoms with Crippen LogP contribution in [0.5, 0.6) is 0 Å². The largest absolute Gasteiger partial charge is 0.363 e. The Morgan fingerprint density at radius 1 is 1.16 bits per heavy atom. The van der Waals surface area contributed by atoms with Crippen LogP contribution in [0.15, 0.2) is 24.3 Å². The van der Waals surface area contributed by atoms with Gasteiger partial charge in [0.15, 0.2) is 0 Å². The van der Waals surface area contributed by atoms with Gasteiger partial charge in [0.2, 0.25) is 0 Å². The zero-order chi connectivity index (χ0) is 16.8. The van der Waals surface area contributed by atoms with Crippen molar-refractivity contribution in [2.24, 2.45) is 0 Å². The van der Waals surface area contributed by atoms with Gasteiger partial charge in [-0.2, -0.15) is 0 Å². The summed E-state index contributed by atoms with van der Waals surface area (Å²) in [5, 5.41) is 9.39. The van der Waals surface area contributed by atoms with E-state index in [0.29, 0.717) is 18.1 Å². The second-order valence-corrected chi connectivity index (χ2v) is 8.81. The van der Waals surface area contributed by atoms with Crippen molar-refractivity contribution in [3.8, 4) is 0 Å². The maximum absolute atomic E-state index is 12.7. The first-order valence-electron chi connectivity index (χ1n) is 9.62. The van der Waals surface area contributed by atoms with Crippen molar-refractivity contribution in [1.82, 2.24) is 10.6 Å². The normalized spacial score (nSPS) is 28.6. The van der Waals surface area contributed by atoms with E-state index in [4.69, 9.17) is 0 Å². The Morgan fingerprint density at radius 3 is 2.80 bits per heavy atom. The van der Waals surface area contributed by atoms with Gasteiger partial charge in [-0.1, -0.05) is 0 Å². The molecule has 0 spiro atoms. The molecule has 5 rings (SSSR count). The van der Waals surface area contributed by atoms with Crippen LogP contribution in [0.4, 0.5) is 5.00 Å². The Bertz CT molecular complexity index is 795. The molecule has 1 amide bonds. The van der Waals surface area contributed by atoms with Crippen molar-refractivity contribution >= 4 is 32.3 Å². The Labute approximate surface area is 152 Å². The lowest BCUT2D eigenvalue weighted by atomic mass is 9.95. The third-order valence-electron chi connectivity index (χ3n) is 6.05. The van der Waals surface area contributed by atoms with Crippen molar-refractivity contribution in [1.29, 1.82) is 0 Å². The first kappa shape index (κ1) is 15.6. The summed E-state index contributed by atoms with van der Waals surface area (Å²) in [4.78, 5) is 15.2. The lowest BCUT2D eigenvalue weighted by Gasteiger charge is -2.26. The predicted octanol–water partition coefficient (Wildman–Crippen LogP) is 3.51. The summed E-state index contributed by atoms with van der Waals surface area (Å²) in [5.74, 6) is 0.0759. The number of benzene rings is 1. The summed E-state index contributed by atoms with van der Waals surface area (Å²) in [6, 6.07) is 9.81. The standard InChI is InChI=1S/C20H25N3OS/c24-20(22-17-12-15-5-6-16(17)21-15)13-4-7-18-14(10-13)11-19(25-18)23-8-2-1-3-9-23/h4,7,10-11,15-17,21H,1-3,5-6,8-9,12H2,(H,22,24)/t15-,16+,17-/m1/s1. The molecule has 3 aliphatic heterocycles. The number of thiophene rings is 1. The van der Waals surface area contributed by atoms with Gasteiger partial charge in [0.1, 0.15) is 0 Å². The summed E-state index contributed by atoms with van der Waals surface area (Å²) in [6.07, 6.45) is 7.47. The average Bonchev–Trinajstić information content (AvgIpc) is 3.36. The van der Waals surface area contributed by atoms with E-state index in [9.17, 15) is 4.79 Å². The van der Waals surface area contributed by atoms with E-state index < -0.39 is 0 Å². The van der Waals surface area contributed by atoms with E-state index in [1.807, 2.05) is 17.4 Å². The molecule has 3 aliphatic rings. The van der Waals surface area contributed by atoms with E-state index >= 15 is 0 Å². The van der Waals surface area contributed by atoms with Gasteiger partial charge in [0.25, 0.3) is 5.91 Å². The van der Waals surface area contributed by atoms with Crippen molar-refractivity contribution in [2.75, 3.05) is 18.0 Å². The molecular weight excluding hydrogens is 330 g/mol. The van der Waals surface area contributed by atoms with Crippen LogP contribution in [0, 0.1) is 0 Å². The Balaban J connectivity index is 1.34. The number of nitrogens with one attached hydrogen (secondary N) is 2. The van der Waals surface area contributed by atoms with E-state index in [-0.39, 0.29) is 5.91 Å². The molecular formula is C20H25N3OS. The smallest absolute Gasteiger partial charge is 0.251 e. The minimum absolute atomic E-state index is 0.0759. The molecule has 2 aromatic rings. The van der Waals surface area contributed by atoms with E-state index in [1.54, 1.807) is 0 Å². The fourth-order valence-electron chi connectivity index (χ4n) is 4.68. The topological polar surface area (TPSA) is 44.4 Å². The molecule has 25 heavy (non-hydrogen) atoms. The molecule has 1 aromatic carbocycles. The summed E-state index contributed by atoms with van der Waals surface area (Å²) in [6.45, 7) is 2.33. The number of carbonyl (C=O) groups excluding carboxylic acids is 1. The van der Waals surface area contributed by atoms with Crippen molar-refractivity contribution in [2.45, 2.75) is 56.7 Å². The van der Waals surface area contributed by atoms with Crippen LogP contribution >= 0.6 is 11.3 Å². The summed E-state index contributed by atoms with van der Waals surface area (Å²) >= 11 is 1.85. The molecule has 0 radical (unpaired) electrons. The van der Waals surface area contributed by atoms with E-state index in [2.05, 4.69) is 33.7 Å². The quantitative estimate of drug-likeness (QED) is 0.885. The molecule has 0 unspecified atom stereocenters. The number of anilines is 1. The van der Waals surface area contributed by atoms with Gasteiger partial charge in [0.05, 0.1) is 5.00 Å². The third kappa shape index (κ3) is 2.93. The second kappa shape index (κ2) is 6.29. The first-order valence-corrected chi connectivity index (χ1v) is 10.4. The lowest BCUT2D eigenvalue weighted by Crippen LogP contribution is -2.42. The molecule has 4 heterocycles. The van der Waals surface area contributed by atoms with E-state index in [0.717, 1.165) is 25.1 Å². The fourth-order valence-corrected chi connectivity index (χ4v) is 5.77. The Morgan fingerprint density at radius 2 is 2.04 bits per heavy atom. The number of hydrogen-bond acceptors (Lipinski definition) is 4. The minimum Gasteiger partial charge on any atom is -0.363 e. The first-order chi connectivity index (χ1) is 12.3.